The second-order valence-electron chi connectivity index (χ2n) is 5.19. The van der Waals surface area contributed by atoms with Gasteiger partial charge in [0.2, 0.25) is 0 Å². The van der Waals surface area contributed by atoms with Gasteiger partial charge in [0.15, 0.2) is 0 Å². The molecular formula is C15H17ClN4O. The van der Waals surface area contributed by atoms with Crippen molar-refractivity contribution in [3.05, 3.63) is 34.6 Å². The van der Waals surface area contributed by atoms with Crippen molar-refractivity contribution in [2.75, 3.05) is 18.2 Å². The van der Waals surface area contributed by atoms with E-state index in [-0.39, 0.29) is 0 Å². The maximum absolute atomic E-state index is 6.14. The Morgan fingerprint density at radius 3 is 2.71 bits per heavy atom. The molecule has 1 aliphatic carbocycles. The summed E-state index contributed by atoms with van der Waals surface area (Å²) in [5.74, 6) is 3.16. The fraction of sp³-hybridized carbons (Fsp3) is 0.333. The van der Waals surface area contributed by atoms with Crippen LogP contribution < -0.4 is 15.8 Å². The van der Waals surface area contributed by atoms with Crippen molar-refractivity contribution < 1.29 is 4.74 Å². The Bertz CT molecular complexity index is 686. The molecule has 1 saturated carbocycles. The summed E-state index contributed by atoms with van der Waals surface area (Å²) in [7, 11) is 1.59. The second-order valence-corrected chi connectivity index (χ2v) is 5.60. The second kappa shape index (κ2) is 5.41. The number of aromatic nitrogens is 2. The van der Waals surface area contributed by atoms with Gasteiger partial charge in [0.1, 0.15) is 23.2 Å². The largest absolute Gasteiger partial charge is 0.495 e. The van der Waals surface area contributed by atoms with Crippen LogP contribution in [0.3, 0.4) is 0 Å². The predicted molar refractivity (Wildman–Crippen MR) is 84.4 cm³/mol. The highest BCUT2D eigenvalue weighted by Gasteiger charge is 2.27. The van der Waals surface area contributed by atoms with Gasteiger partial charge in [-0.1, -0.05) is 11.6 Å². The van der Waals surface area contributed by atoms with Crippen molar-refractivity contribution in [1.29, 1.82) is 0 Å². The van der Waals surface area contributed by atoms with Crippen molar-refractivity contribution in [1.82, 2.24) is 9.97 Å². The summed E-state index contributed by atoms with van der Waals surface area (Å²) in [6.07, 6.45) is 2.27. The Labute approximate surface area is 128 Å². The molecule has 0 atom stereocenters. The molecule has 0 aliphatic heterocycles. The molecule has 3 N–H and O–H groups in total. The van der Waals surface area contributed by atoms with E-state index < -0.39 is 0 Å². The van der Waals surface area contributed by atoms with Crippen LogP contribution in [0.15, 0.2) is 18.2 Å². The molecule has 6 heteroatoms. The van der Waals surface area contributed by atoms with Gasteiger partial charge in [-0.3, -0.25) is 0 Å². The summed E-state index contributed by atoms with van der Waals surface area (Å²) in [5, 5.41) is 3.80. The highest BCUT2D eigenvalue weighted by molar-refractivity contribution is 6.32. The molecule has 21 heavy (non-hydrogen) atoms. The highest BCUT2D eigenvalue weighted by atomic mass is 35.5. The molecule has 0 unspecified atom stereocenters. The number of hydrogen-bond acceptors (Lipinski definition) is 5. The molecule has 110 valence electrons. The number of nitrogens with one attached hydrogen (secondary N) is 1. The first kappa shape index (κ1) is 13.9. The zero-order valence-corrected chi connectivity index (χ0v) is 12.7. The van der Waals surface area contributed by atoms with E-state index in [9.17, 15) is 0 Å². The average molecular weight is 305 g/mol. The monoisotopic (exact) mass is 304 g/mol. The SMILES string of the molecule is COc1ccc(Nc2nc(C3CC3)nc(N)c2C)cc1Cl. The van der Waals surface area contributed by atoms with Gasteiger partial charge < -0.3 is 15.8 Å². The maximum atomic E-state index is 6.14. The lowest BCUT2D eigenvalue weighted by Gasteiger charge is -2.13. The quantitative estimate of drug-likeness (QED) is 0.902. The Morgan fingerprint density at radius 2 is 2.10 bits per heavy atom. The van der Waals surface area contributed by atoms with E-state index in [1.165, 1.54) is 0 Å². The number of hydrogen-bond donors (Lipinski definition) is 2. The molecule has 1 aromatic heterocycles. The first-order valence-electron chi connectivity index (χ1n) is 6.83. The van der Waals surface area contributed by atoms with Crippen LogP contribution in [0.1, 0.15) is 30.1 Å². The van der Waals surface area contributed by atoms with Crippen LogP contribution >= 0.6 is 11.6 Å². The summed E-state index contributed by atoms with van der Waals surface area (Å²) in [6, 6.07) is 5.50. The van der Waals surface area contributed by atoms with Crippen LogP contribution in [0, 0.1) is 6.92 Å². The van der Waals surface area contributed by atoms with E-state index in [0.29, 0.717) is 22.5 Å². The average Bonchev–Trinajstić information content (AvgIpc) is 3.28. The molecule has 0 saturated heterocycles. The number of ether oxygens (including phenoxy) is 1. The molecular weight excluding hydrogens is 288 g/mol. The van der Waals surface area contributed by atoms with Crippen molar-refractivity contribution in [2.45, 2.75) is 25.7 Å². The Balaban J connectivity index is 1.91. The fourth-order valence-corrected chi connectivity index (χ4v) is 2.34. The van der Waals surface area contributed by atoms with E-state index in [4.69, 9.17) is 22.1 Å². The number of nitrogens with two attached hydrogens (primary N) is 1. The molecule has 1 heterocycles. The molecule has 0 bridgehead atoms. The Hall–Kier alpha value is -2.01. The number of rotatable bonds is 4. The minimum Gasteiger partial charge on any atom is -0.495 e. The van der Waals surface area contributed by atoms with Crippen molar-refractivity contribution >= 4 is 28.9 Å². The number of methoxy groups -OCH3 is 1. The zero-order chi connectivity index (χ0) is 15.0. The molecule has 2 aromatic rings. The van der Waals surface area contributed by atoms with E-state index in [2.05, 4.69) is 15.3 Å². The van der Waals surface area contributed by atoms with Crippen molar-refractivity contribution in [3.63, 3.8) is 0 Å². The zero-order valence-electron chi connectivity index (χ0n) is 12.0. The van der Waals surface area contributed by atoms with Crippen molar-refractivity contribution in [3.8, 4) is 5.75 Å². The topological polar surface area (TPSA) is 73.1 Å². The predicted octanol–water partition coefficient (Wildman–Crippen LogP) is 3.65. The van der Waals surface area contributed by atoms with Crippen LogP contribution in [0.4, 0.5) is 17.3 Å². The number of halogens is 1. The first-order valence-corrected chi connectivity index (χ1v) is 7.21. The summed E-state index contributed by atoms with van der Waals surface area (Å²) in [5.41, 5.74) is 7.66. The van der Waals surface area contributed by atoms with Gasteiger partial charge >= 0.3 is 0 Å². The number of anilines is 3. The summed E-state index contributed by atoms with van der Waals surface area (Å²) >= 11 is 6.14. The van der Waals surface area contributed by atoms with Crippen LogP contribution in [0.2, 0.25) is 5.02 Å². The standard InChI is InChI=1S/C15H17ClN4O/c1-8-13(17)19-15(9-3-4-9)20-14(8)18-10-5-6-12(21-2)11(16)7-10/h5-7,9H,3-4H2,1-2H3,(H3,17,18,19,20). The van der Waals surface area contributed by atoms with E-state index >= 15 is 0 Å². The molecule has 1 fully saturated rings. The molecule has 3 rings (SSSR count). The van der Waals surface area contributed by atoms with E-state index in [1.54, 1.807) is 13.2 Å². The number of nitrogens with zero attached hydrogens (tertiary/aromatic N) is 2. The van der Waals surface area contributed by atoms with Gasteiger partial charge in [0.25, 0.3) is 0 Å². The van der Waals surface area contributed by atoms with Crippen LogP contribution in [-0.4, -0.2) is 17.1 Å². The third-order valence-corrected chi connectivity index (χ3v) is 3.85. The normalized spacial score (nSPS) is 14.0. The summed E-state index contributed by atoms with van der Waals surface area (Å²) in [6.45, 7) is 1.90. The van der Waals surface area contributed by atoms with Gasteiger partial charge in [-0.25, -0.2) is 9.97 Å². The molecule has 1 aromatic carbocycles. The summed E-state index contributed by atoms with van der Waals surface area (Å²) < 4.78 is 5.15. The summed E-state index contributed by atoms with van der Waals surface area (Å²) in [4.78, 5) is 8.95. The molecule has 0 amide bonds. The van der Waals surface area contributed by atoms with Crippen LogP contribution in [0.5, 0.6) is 5.75 Å². The van der Waals surface area contributed by atoms with Gasteiger partial charge in [-0.05, 0) is 38.0 Å². The van der Waals surface area contributed by atoms with Crippen LogP contribution in [0.25, 0.3) is 0 Å². The molecule has 5 nitrogen and oxygen atoms in total. The minimum atomic E-state index is 0.452. The highest BCUT2D eigenvalue weighted by Crippen LogP contribution is 2.39. The van der Waals surface area contributed by atoms with Gasteiger partial charge in [0.05, 0.1) is 12.1 Å². The Kier molecular flexibility index (Phi) is 3.59. The molecule has 0 spiro atoms. The maximum Gasteiger partial charge on any atom is 0.139 e. The smallest absolute Gasteiger partial charge is 0.139 e. The fourth-order valence-electron chi connectivity index (χ4n) is 2.08. The lowest BCUT2D eigenvalue weighted by atomic mass is 10.2. The number of nitrogen functional groups attached to an aromatic ring is 1. The van der Waals surface area contributed by atoms with Gasteiger partial charge in [-0.2, -0.15) is 0 Å². The third kappa shape index (κ3) is 2.88. The third-order valence-electron chi connectivity index (χ3n) is 3.56. The van der Waals surface area contributed by atoms with Crippen LogP contribution in [-0.2, 0) is 0 Å². The van der Waals surface area contributed by atoms with E-state index in [1.807, 2.05) is 19.1 Å². The first-order chi connectivity index (χ1) is 10.1. The Morgan fingerprint density at radius 1 is 1.33 bits per heavy atom. The minimum absolute atomic E-state index is 0.452. The lowest BCUT2D eigenvalue weighted by molar-refractivity contribution is 0.415. The molecule has 0 radical (unpaired) electrons. The van der Waals surface area contributed by atoms with Gasteiger partial charge in [-0.15, -0.1) is 0 Å². The lowest BCUT2D eigenvalue weighted by Crippen LogP contribution is -2.06. The number of benzene rings is 1. The molecule has 1 aliphatic rings. The van der Waals surface area contributed by atoms with Gasteiger partial charge in [0, 0.05) is 17.2 Å². The van der Waals surface area contributed by atoms with E-state index in [0.717, 1.165) is 35.7 Å². The van der Waals surface area contributed by atoms with Crippen molar-refractivity contribution in [2.24, 2.45) is 0 Å².